The second-order valence-electron chi connectivity index (χ2n) is 10.3. The number of hydrogen-bond donors (Lipinski definition) is 1. The molecule has 216 valence electrons. The Morgan fingerprint density at radius 3 is 2.83 bits per heavy atom. The molecule has 4 heterocycles. The summed E-state index contributed by atoms with van der Waals surface area (Å²) in [5, 5.41) is 1.62. The molecule has 5 rings (SSSR count). The smallest absolute Gasteiger partial charge is 0.283 e. The zero-order chi connectivity index (χ0) is 28.6. The normalized spacial score (nSPS) is 18.7. The van der Waals surface area contributed by atoms with E-state index in [9.17, 15) is 18.0 Å². The summed E-state index contributed by atoms with van der Waals surface area (Å²) in [6, 6.07) is 6.03. The second-order valence-corrected chi connectivity index (χ2v) is 13.7. The number of likely N-dealkylation sites (N-methyl/N-ethyl adjacent to an activating group) is 2. The summed E-state index contributed by atoms with van der Waals surface area (Å²) in [7, 11) is 1.34. The number of carbonyl (C=O) groups is 2. The molecule has 2 amide bonds. The van der Waals surface area contributed by atoms with Gasteiger partial charge in [0, 0.05) is 87.1 Å². The Hall–Kier alpha value is -2.55. The van der Waals surface area contributed by atoms with Gasteiger partial charge in [-0.05, 0) is 31.3 Å². The van der Waals surface area contributed by atoms with Crippen LogP contribution in [0.25, 0.3) is 10.9 Å². The quantitative estimate of drug-likeness (QED) is 0.417. The molecule has 0 saturated carbocycles. The number of ether oxygens (including phenoxy) is 1. The number of piperazine rings is 1. The van der Waals surface area contributed by atoms with E-state index in [1.54, 1.807) is 48.2 Å². The molecule has 40 heavy (non-hydrogen) atoms. The first-order valence-electron chi connectivity index (χ1n) is 13.1. The third-order valence-electron chi connectivity index (χ3n) is 7.45. The number of halogens is 1. The van der Waals surface area contributed by atoms with Gasteiger partial charge in [0.25, 0.3) is 15.9 Å². The molecule has 11 nitrogen and oxygen atoms in total. The Morgan fingerprint density at radius 1 is 1.25 bits per heavy atom. The number of nitrogens with one attached hydrogen (secondary N) is 1. The third kappa shape index (κ3) is 5.90. The third-order valence-corrected chi connectivity index (χ3v) is 10.5. The van der Waals surface area contributed by atoms with Crippen LogP contribution in [0.15, 0.2) is 29.3 Å². The van der Waals surface area contributed by atoms with Crippen molar-refractivity contribution in [2.24, 2.45) is 0 Å². The number of methoxy groups -OCH3 is 1. The Kier molecular flexibility index (Phi) is 8.50. The summed E-state index contributed by atoms with van der Waals surface area (Å²) in [5.74, 6) is -0.462. The topological polar surface area (TPSA) is 119 Å². The molecule has 3 aromatic rings. The van der Waals surface area contributed by atoms with Gasteiger partial charge in [0.2, 0.25) is 5.91 Å². The molecule has 14 heteroatoms. The highest BCUT2D eigenvalue weighted by Gasteiger charge is 2.39. The summed E-state index contributed by atoms with van der Waals surface area (Å²) < 4.78 is 33.8. The van der Waals surface area contributed by atoms with Crippen LogP contribution in [0.4, 0.5) is 0 Å². The van der Waals surface area contributed by atoms with Gasteiger partial charge in [-0.1, -0.05) is 11.6 Å². The molecule has 1 saturated heterocycles. The maximum absolute atomic E-state index is 13.7. The summed E-state index contributed by atoms with van der Waals surface area (Å²) >= 11 is 7.47. The summed E-state index contributed by atoms with van der Waals surface area (Å²) in [4.78, 5) is 40.9. The SMILES string of the molecule is COCCN(C)C(=O)CC1CN(S(=O)(=O)c2cc3cc(Cl)ccc3[nH]2)CCN1C(=O)c1nc2c(s1)CN(C)CC2. The van der Waals surface area contributed by atoms with E-state index in [1.807, 2.05) is 7.05 Å². The summed E-state index contributed by atoms with van der Waals surface area (Å²) in [6.07, 6.45) is 0.762. The fourth-order valence-corrected chi connectivity index (χ4v) is 7.90. The lowest BCUT2D eigenvalue weighted by molar-refractivity contribution is -0.131. The minimum atomic E-state index is -3.93. The van der Waals surface area contributed by atoms with Crippen LogP contribution in [0.1, 0.15) is 26.8 Å². The van der Waals surface area contributed by atoms with E-state index in [1.165, 1.54) is 15.6 Å². The molecule has 0 spiro atoms. The number of sulfonamides is 1. The zero-order valence-electron chi connectivity index (χ0n) is 22.7. The number of thiazole rings is 1. The van der Waals surface area contributed by atoms with Crippen LogP contribution in [0.2, 0.25) is 5.02 Å². The van der Waals surface area contributed by atoms with E-state index in [-0.39, 0.29) is 42.9 Å². The monoisotopic (exact) mass is 608 g/mol. The first-order chi connectivity index (χ1) is 19.1. The molecule has 2 aliphatic rings. The van der Waals surface area contributed by atoms with Gasteiger partial charge < -0.3 is 24.4 Å². The van der Waals surface area contributed by atoms with E-state index in [4.69, 9.17) is 16.3 Å². The van der Waals surface area contributed by atoms with Crippen molar-refractivity contribution in [3.63, 3.8) is 0 Å². The first kappa shape index (κ1) is 29.0. The number of carbonyl (C=O) groups excluding carboxylic acids is 2. The molecular weight excluding hydrogens is 576 g/mol. The van der Waals surface area contributed by atoms with Gasteiger partial charge >= 0.3 is 0 Å². The van der Waals surface area contributed by atoms with Gasteiger partial charge in [-0.15, -0.1) is 11.3 Å². The highest BCUT2D eigenvalue weighted by atomic mass is 35.5. The number of rotatable bonds is 8. The van der Waals surface area contributed by atoms with Gasteiger partial charge in [0.1, 0.15) is 5.03 Å². The molecule has 0 bridgehead atoms. The highest BCUT2D eigenvalue weighted by Crippen LogP contribution is 2.29. The van der Waals surface area contributed by atoms with Crippen molar-refractivity contribution < 1.29 is 22.7 Å². The lowest BCUT2D eigenvalue weighted by Gasteiger charge is -2.40. The van der Waals surface area contributed by atoms with Crippen molar-refractivity contribution in [2.45, 2.75) is 30.5 Å². The van der Waals surface area contributed by atoms with Gasteiger partial charge in [-0.3, -0.25) is 9.59 Å². The molecular formula is C26H33ClN6O5S2. The number of aromatic amines is 1. The average molecular weight is 609 g/mol. The number of fused-ring (bicyclic) bond motifs is 2. The molecule has 1 atom stereocenters. The molecule has 1 fully saturated rings. The summed E-state index contributed by atoms with van der Waals surface area (Å²) in [6.45, 7) is 2.63. The Balaban J connectivity index is 1.40. The predicted octanol–water partition coefficient (Wildman–Crippen LogP) is 2.28. The Morgan fingerprint density at radius 2 is 2.05 bits per heavy atom. The standard InChI is InChI=1S/C26H33ClN6O5S2/c1-30-7-6-21-22(16-30)39-25(29-21)26(35)33-9-8-32(15-19(33)14-24(34)31(2)10-11-38-3)40(36,37)23-13-17-12-18(27)4-5-20(17)28-23/h4-5,12-13,19,28H,6-11,14-16H2,1-3H3. The van der Waals surface area contributed by atoms with Gasteiger partial charge in [0.15, 0.2) is 5.01 Å². The van der Waals surface area contributed by atoms with Crippen LogP contribution in [0.5, 0.6) is 0 Å². The molecule has 2 aliphatic heterocycles. The molecule has 1 aromatic carbocycles. The van der Waals surface area contributed by atoms with Crippen molar-refractivity contribution in [3.8, 4) is 0 Å². The van der Waals surface area contributed by atoms with Crippen molar-refractivity contribution in [1.82, 2.24) is 29.0 Å². The first-order valence-corrected chi connectivity index (χ1v) is 15.7. The Labute approximate surface area is 242 Å². The average Bonchev–Trinajstić information content (AvgIpc) is 3.55. The van der Waals surface area contributed by atoms with E-state index < -0.39 is 16.1 Å². The van der Waals surface area contributed by atoms with Crippen LogP contribution in [-0.4, -0.2) is 116 Å². The van der Waals surface area contributed by atoms with Crippen molar-refractivity contribution >= 4 is 55.7 Å². The van der Waals surface area contributed by atoms with E-state index in [0.29, 0.717) is 34.1 Å². The van der Waals surface area contributed by atoms with E-state index in [2.05, 4.69) is 14.9 Å². The fraction of sp³-hybridized carbons (Fsp3) is 0.500. The molecule has 1 N–H and O–H groups in total. The number of benzene rings is 1. The number of aromatic nitrogens is 2. The van der Waals surface area contributed by atoms with E-state index >= 15 is 0 Å². The second kappa shape index (κ2) is 11.7. The zero-order valence-corrected chi connectivity index (χ0v) is 25.1. The maximum atomic E-state index is 13.7. The molecule has 0 aliphatic carbocycles. The van der Waals surface area contributed by atoms with Crippen LogP contribution in [0, 0.1) is 0 Å². The summed E-state index contributed by atoms with van der Waals surface area (Å²) in [5.41, 5.74) is 1.60. The van der Waals surface area contributed by atoms with Crippen LogP contribution >= 0.6 is 22.9 Å². The predicted molar refractivity (Wildman–Crippen MR) is 153 cm³/mol. The van der Waals surface area contributed by atoms with Crippen LogP contribution in [-0.2, 0) is 32.5 Å². The van der Waals surface area contributed by atoms with Crippen molar-refractivity contribution in [1.29, 1.82) is 0 Å². The maximum Gasteiger partial charge on any atom is 0.283 e. The largest absolute Gasteiger partial charge is 0.383 e. The van der Waals surface area contributed by atoms with Gasteiger partial charge in [-0.2, -0.15) is 4.31 Å². The number of amides is 2. The van der Waals surface area contributed by atoms with Crippen LogP contribution < -0.4 is 0 Å². The number of H-pyrrole nitrogens is 1. The van der Waals surface area contributed by atoms with Crippen molar-refractivity contribution in [2.75, 3.05) is 60.5 Å². The Bertz CT molecular complexity index is 1520. The van der Waals surface area contributed by atoms with Crippen LogP contribution in [0.3, 0.4) is 0 Å². The minimum Gasteiger partial charge on any atom is -0.383 e. The molecule has 2 aromatic heterocycles. The van der Waals surface area contributed by atoms with Gasteiger partial charge in [-0.25, -0.2) is 13.4 Å². The highest BCUT2D eigenvalue weighted by molar-refractivity contribution is 7.89. The van der Waals surface area contributed by atoms with Gasteiger partial charge in [0.05, 0.1) is 18.3 Å². The lowest BCUT2D eigenvalue weighted by Crippen LogP contribution is -2.57. The van der Waals surface area contributed by atoms with E-state index in [0.717, 1.165) is 30.1 Å². The number of hydrogen-bond acceptors (Lipinski definition) is 8. The lowest BCUT2D eigenvalue weighted by atomic mass is 10.1. The molecule has 0 radical (unpaired) electrons. The molecule has 1 unspecified atom stereocenters. The van der Waals surface area contributed by atoms with Crippen molar-refractivity contribution in [3.05, 3.63) is 44.9 Å². The number of nitrogens with zero attached hydrogens (tertiary/aromatic N) is 5. The fourth-order valence-electron chi connectivity index (χ4n) is 5.09. The minimum absolute atomic E-state index is 0.0120.